The number of halogens is 1. The number of nitrogens with zero attached hydrogens (tertiary/aromatic N) is 2. The number of aromatic nitrogens is 2. The molecular weight excluding hydrogens is 239 g/mol. The van der Waals surface area contributed by atoms with Crippen molar-refractivity contribution in [2.45, 2.75) is 6.61 Å². The van der Waals surface area contributed by atoms with E-state index in [1.54, 1.807) is 18.6 Å². The number of thiazole rings is 1. The zero-order valence-electron chi connectivity index (χ0n) is 8.80. The van der Waals surface area contributed by atoms with E-state index in [9.17, 15) is 9.50 Å². The van der Waals surface area contributed by atoms with Gasteiger partial charge in [0.25, 0.3) is 0 Å². The van der Waals surface area contributed by atoms with Crippen LogP contribution in [0.2, 0.25) is 0 Å². The van der Waals surface area contributed by atoms with Crippen molar-refractivity contribution in [2.75, 3.05) is 0 Å². The van der Waals surface area contributed by atoms with Gasteiger partial charge in [-0.15, -0.1) is 11.3 Å². The fraction of sp³-hybridized carbons (Fsp3) is 0.0833. The Labute approximate surface area is 101 Å². The van der Waals surface area contributed by atoms with Crippen molar-refractivity contribution in [3.63, 3.8) is 0 Å². The van der Waals surface area contributed by atoms with Crippen LogP contribution in [0.5, 0.6) is 0 Å². The van der Waals surface area contributed by atoms with Crippen LogP contribution in [0.4, 0.5) is 4.39 Å². The Morgan fingerprint density at radius 2 is 2.29 bits per heavy atom. The summed E-state index contributed by atoms with van der Waals surface area (Å²) in [5, 5.41) is 9.42. The molecule has 1 aromatic carbocycles. The number of hydrogen-bond acceptors (Lipinski definition) is 3. The Morgan fingerprint density at radius 3 is 3.06 bits per heavy atom. The van der Waals surface area contributed by atoms with Crippen LogP contribution in [0.25, 0.3) is 15.3 Å². The highest BCUT2D eigenvalue weighted by Gasteiger charge is 2.13. The molecule has 0 radical (unpaired) electrons. The highest BCUT2D eigenvalue weighted by atomic mass is 32.1. The molecule has 17 heavy (non-hydrogen) atoms. The van der Waals surface area contributed by atoms with Crippen molar-refractivity contribution >= 4 is 16.2 Å². The molecule has 0 atom stereocenters. The van der Waals surface area contributed by atoms with Gasteiger partial charge in [-0.05, 0) is 17.7 Å². The third-order valence-corrected chi connectivity index (χ3v) is 3.79. The van der Waals surface area contributed by atoms with E-state index in [1.165, 1.54) is 23.5 Å². The van der Waals surface area contributed by atoms with Gasteiger partial charge in [-0.3, -0.25) is 4.40 Å². The van der Waals surface area contributed by atoms with Gasteiger partial charge in [-0.2, -0.15) is 0 Å². The Balaban J connectivity index is 2.26. The first-order valence-corrected chi connectivity index (χ1v) is 5.92. The fourth-order valence-electron chi connectivity index (χ4n) is 1.84. The number of imidazole rings is 1. The maximum atomic E-state index is 13.2. The van der Waals surface area contributed by atoms with Crippen LogP contribution in [0.1, 0.15) is 5.69 Å². The first-order chi connectivity index (χ1) is 8.29. The van der Waals surface area contributed by atoms with Crippen LogP contribution < -0.4 is 0 Å². The zero-order chi connectivity index (χ0) is 11.8. The molecule has 0 saturated carbocycles. The normalized spacial score (nSPS) is 11.2. The van der Waals surface area contributed by atoms with E-state index in [1.807, 2.05) is 10.5 Å². The van der Waals surface area contributed by atoms with Gasteiger partial charge in [0.15, 0.2) is 0 Å². The van der Waals surface area contributed by atoms with E-state index in [-0.39, 0.29) is 12.4 Å². The molecule has 1 N–H and O–H groups in total. The fourth-order valence-corrected chi connectivity index (χ4v) is 2.94. The monoisotopic (exact) mass is 248 g/mol. The van der Waals surface area contributed by atoms with Gasteiger partial charge < -0.3 is 5.11 Å². The molecule has 0 fully saturated rings. The SMILES string of the molecule is OCc1c(-c2cccc(F)c2)sc2cncn12. The number of aliphatic hydroxyl groups excluding tert-OH is 1. The predicted molar refractivity (Wildman–Crippen MR) is 64.4 cm³/mol. The van der Waals surface area contributed by atoms with Gasteiger partial charge in [0.1, 0.15) is 17.0 Å². The van der Waals surface area contributed by atoms with Crippen LogP contribution in [0.3, 0.4) is 0 Å². The minimum Gasteiger partial charge on any atom is -0.390 e. The zero-order valence-corrected chi connectivity index (χ0v) is 9.62. The standard InChI is InChI=1S/C12H9FN2OS/c13-9-3-1-2-8(4-9)12-10(6-16)15-7-14-5-11(15)17-12/h1-5,7,16H,6H2. The Kier molecular flexibility index (Phi) is 2.42. The van der Waals surface area contributed by atoms with E-state index in [2.05, 4.69) is 4.98 Å². The van der Waals surface area contributed by atoms with Gasteiger partial charge >= 0.3 is 0 Å². The summed E-state index contributed by atoms with van der Waals surface area (Å²) in [7, 11) is 0. The van der Waals surface area contributed by atoms with E-state index in [0.717, 1.165) is 21.0 Å². The highest BCUT2D eigenvalue weighted by Crippen LogP contribution is 2.33. The molecule has 0 aliphatic heterocycles. The number of aliphatic hydroxyl groups is 1. The summed E-state index contributed by atoms with van der Waals surface area (Å²) in [6, 6.07) is 6.38. The van der Waals surface area contributed by atoms with Crippen LogP contribution >= 0.6 is 11.3 Å². The third kappa shape index (κ3) is 1.64. The molecule has 86 valence electrons. The molecule has 0 aliphatic rings. The summed E-state index contributed by atoms with van der Waals surface area (Å²) in [6.45, 7) is -0.0950. The highest BCUT2D eigenvalue weighted by molar-refractivity contribution is 7.20. The first kappa shape index (κ1) is 10.4. The molecule has 5 heteroatoms. The molecule has 0 unspecified atom stereocenters. The summed E-state index contributed by atoms with van der Waals surface area (Å²) in [4.78, 5) is 5.83. The molecule has 0 aliphatic carbocycles. The molecular formula is C12H9FN2OS. The Morgan fingerprint density at radius 1 is 1.41 bits per heavy atom. The van der Waals surface area contributed by atoms with Crippen LogP contribution in [-0.2, 0) is 6.61 Å². The van der Waals surface area contributed by atoms with Crippen molar-refractivity contribution in [2.24, 2.45) is 0 Å². The maximum absolute atomic E-state index is 13.2. The van der Waals surface area contributed by atoms with Gasteiger partial charge in [0.05, 0.1) is 23.4 Å². The summed E-state index contributed by atoms with van der Waals surface area (Å²) >= 11 is 1.49. The summed E-state index contributed by atoms with van der Waals surface area (Å²) in [6.07, 6.45) is 3.38. The first-order valence-electron chi connectivity index (χ1n) is 5.10. The second-order valence-electron chi connectivity index (χ2n) is 3.65. The lowest BCUT2D eigenvalue weighted by Gasteiger charge is -2.01. The molecule has 3 rings (SSSR count). The van der Waals surface area contributed by atoms with Crippen molar-refractivity contribution in [1.29, 1.82) is 0 Å². The summed E-state index contributed by atoms with van der Waals surface area (Å²) < 4.78 is 15.0. The predicted octanol–water partition coefficient (Wildman–Crippen LogP) is 2.69. The molecule has 2 heterocycles. The molecule has 0 bridgehead atoms. The molecule has 3 nitrogen and oxygen atoms in total. The third-order valence-electron chi connectivity index (χ3n) is 2.60. The lowest BCUT2D eigenvalue weighted by atomic mass is 10.1. The number of fused-ring (bicyclic) bond motifs is 1. The second-order valence-corrected chi connectivity index (χ2v) is 4.68. The molecule has 0 amide bonds. The Hall–Kier alpha value is -1.72. The van der Waals surface area contributed by atoms with E-state index in [4.69, 9.17) is 0 Å². The van der Waals surface area contributed by atoms with Crippen LogP contribution in [0, 0.1) is 5.82 Å². The number of hydrogen-bond donors (Lipinski definition) is 1. The smallest absolute Gasteiger partial charge is 0.123 e. The van der Waals surface area contributed by atoms with Gasteiger partial charge in [-0.25, -0.2) is 9.37 Å². The average molecular weight is 248 g/mol. The minimum atomic E-state index is -0.275. The average Bonchev–Trinajstić information content (AvgIpc) is 2.88. The quantitative estimate of drug-likeness (QED) is 0.757. The van der Waals surface area contributed by atoms with Gasteiger partial charge in [0, 0.05) is 0 Å². The maximum Gasteiger partial charge on any atom is 0.123 e. The lowest BCUT2D eigenvalue weighted by Crippen LogP contribution is -1.91. The summed E-state index contributed by atoms with van der Waals surface area (Å²) in [5.74, 6) is -0.275. The topological polar surface area (TPSA) is 37.5 Å². The number of benzene rings is 1. The van der Waals surface area contributed by atoms with Crippen molar-refractivity contribution in [1.82, 2.24) is 9.38 Å². The Bertz CT molecular complexity index is 674. The van der Waals surface area contributed by atoms with Crippen LogP contribution in [-0.4, -0.2) is 14.5 Å². The van der Waals surface area contributed by atoms with Crippen molar-refractivity contribution < 1.29 is 9.50 Å². The summed E-state index contributed by atoms with van der Waals surface area (Å²) in [5.41, 5.74) is 1.52. The van der Waals surface area contributed by atoms with Crippen LogP contribution in [0.15, 0.2) is 36.8 Å². The molecule has 0 spiro atoms. The van der Waals surface area contributed by atoms with E-state index >= 15 is 0 Å². The number of rotatable bonds is 2. The van der Waals surface area contributed by atoms with Gasteiger partial charge in [-0.1, -0.05) is 12.1 Å². The molecule has 3 aromatic rings. The molecule has 0 saturated heterocycles. The van der Waals surface area contributed by atoms with Crippen molar-refractivity contribution in [3.8, 4) is 10.4 Å². The van der Waals surface area contributed by atoms with Crippen molar-refractivity contribution in [3.05, 3.63) is 48.3 Å². The van der Waals surface area contributed by atoms with E-state index < -0.39 is 0 Å². The molecule has 2 aromatic heterocycles. The minimum absolute atomic E-state index is 0.0950. The lowest BCUT2D eigenvalue weighted by molar-refractivity contribution is 0.276. The second kappa shape index (κ2) is 3.94. The largest absolute Gasteiger partial charge is 0.390 e. The van der Waals surface area contributed by atoms with Gasteiger partial charge in [0.2, 0.25) is 0 Å². The van der Waals surface area contributed by atoms with E-state index in [0.29, 0.717) is 0 Å².